The first kappa shape index (κ1) is 12.2. The molecule has 1 N–H and O–H groups in total. The van der Waals surface area contributed by atoms with Gasteiger partial charge in [-0.05, 0) is 18.4 Å². The number of H-pyrrole nitrogens is 1. The molecule has 0 bridgehead atoms. The molecule has 3 rings (SSSR count). The Bertz CT molecular complexity index is 696. The summed E-state index contributed by atoms with van der Waals surface area (Å²) in [6.07, 6.45) is 2.00. The van der Waals surface area contributed by atoms with Gasteiger partial charge in [0.1, 0.15) is 5.82 Å². The summed E-state index contributed by atoms with van der Waals surface area (Å²) >= 11 is 1.65. The zero-order valence-electron chi connectivity index (χ0n) is 10.1. The lowest BCUT2D eigenvalue weighted by Crippen LogP contribution is -1.82. The van der Waals surface area contributed by atoms with E-state index in [9.17, 15) is 8.78 Å². The molecule has 0 aliphatic heterocycles. The molecule has 0 saturated heterocycles. The Kier molecular flexibility index (Phi) is 2.98. The molecule has 2 aromatic carbocycles. The number of halogens is 2. The smallest absolute Gasteiger partial charge is 0.161 e. The summed E-state index contributed by atoms with van der Waals surface area (Å²) in [7, 11) is 0. The summed E-state index contributed by atoms with van der Waals surface area (Å²) in [5.74, 6) is -1.16. The normalized spacial score (nSPS) is 11.1. The first-order valence-corrected chi connectivity index (χ1v) is 6.89. The number of benzene rings is 2. The molecule has 0 fully saturated rings. The fraction of sp³-hybridized carbons (Fsp3) is 0.0714. The van der Waals surface area contributed by atoms with Crippen LogP contribution in [0.25, 0.3) is 22.4 Å². The third kappa shape index (κ3) is 2.21. The van der Waals surface area contributed by atoms with E-state index in [4.69, 9.17) is 0 Å². The van der Waals surface area contributed by atoms with Crippen LogP contribution < -0.4 is 0 Å². The monoisotopic (exact) mass is 276 g/mol. The van der Waals surface area contributed by atoms with Crippen LogP contribution >= 0.6 is 11.8 Å². The second-order valence-electron chi connectivity index (χ2n) is 4.10. The van der Waals surface area contributed by atoms with Crippen molar-refractivity contribution in [1.82, 2.24) is 9.97 Å². The molecule has 0 spiro atoms. The van der Waals surface area contributed by atoms with Gasteiger partial charge >= 0.3 is 0 Å². The second-order valence-corrected chi connectivity index (χ2v) is 4.98. The number of nitrogens with zero attached hydrogens (tertiary/aromatic N) is 1. The minimum Gasteiger partial charge on any atom is -0.338 e. The minimum absolute atomic E-state index is 0.419. The summed E-state index contributed by atoms with van der Waals surface area (Å²) in [4.78, 5) is 8.41. The lowest BCUT2D eigenvalue weighted by atomic mass is 10.2. The lowest BCUT2D eigenvalue weighted by molar-refractivity contribution is 0.510. The van der Waals surface area contributed by atoms with Gasteiger partial charge in [0, 0.05) is 22.6 Å². The van der Waals surface area contributed by atoms with Gasteiger partial charge in [-0.1, -0.05) is 12.1 Å². The summed E-state index contributed by atoms with van der Waals surface area (Å²) < 4.78 is 26.3. The molecule has 0 amide bonds. The van der Waals surface area contributed by atoms with Crippen molar-refractivity contribution in [1.29, 1.82) is 0 Å². The van der Waals surface area contributed by atoms with E-state index in [1.165, 1.54) is 0 Å². The molecule has 0 saturated carbocycles. The fourth-order valence-corrected chi connectivity index (χ4v) is 2.30. The van der Waals surface area contributed by atoms with E-state index < -0.39 is 11.6 Å². The number of rotatable bonds is 2. The molecule has 3 aromatic rings. The van der Waals surface area contributed by atoms with Crippen molar-refractivity contribution < 1.29 is 8.78 Å². The van der Waals surface area contributed by atoms with E-state index in [0.29, 0.717) is 16.9 Å². The molecule has 1 heterocycles. The standard InChI is InChI=1S/C14H10F2N2S/c1-19-9-4-2-8(3-5-9)14-17-12-6-10(15)11(16)7-13(12)18-14/h2-7H,1H3,(H,17,18). The molecule has 0 unspecified atom stereocenters. The topological polar surface area (TPSA) is 28.7 Å². The highest BCUT2D eigenvalue weighted by Crippen LogP contribution is 2.24. The van der Waals surface area contributed by atoms with Crippen LogP contribution in [-0.2, 0) is 0 Å². The van der Waals surface area contributed by atoms with Crippen molar-refractivity contribution >= 4 is 22.8 Å². The third-order valence-electron chi connectivity index (χ3n) is 2.89. The quantitative estimate of drug-likeness (QED) is 0.709. The molecular formula is C14H10F2N2S. The van der Waals surface area contributed by atoms with Crippen LogP contribution in [0.5, 0.6) is 0 Å². The Hall–Kier alpha value is -1.88. The Morgan fingerprint density at radius 3 is 2.42 bits per heavy atom. The van der Waals surface area contributed by atoms with Gasteiger partial charge in [-0.3, -0.25) is 0 Å². The summed E-state index contributed by atoms with van der Waals surface area (Å²) in [5.41, 5.74) is 1.79. The van der Waals surface area contributed by atoms with Crippen LogP contribution in [0.1, 0.15) is 0 Å². The first-order chi connectivity index (χ1) is 9.17. The molecule has 0 aliphatic carbocycles. The second kappa shape index (κ2) is 4.66. The van der Waals surface area contributed by atoms with Gasteiger partial charge in [0.25, 0.3) is 0 Å². The minimum atomic E-state index is -0.886. The Morgan fingerprint density at radius 2 is 1.74 bits per heavy atom. The van der Waals surface area contributed by atoms with Crippen LogP contribution in [0.15, 0.2) is 41.3 Å². The molecular weight excluding hydrogens is 266 g/mol. The van der Waals surface area contributed by atoms with Gasteiger partial charge in [-0.25, -0.2) is 13.8 Å². The van der Waals surface area contributed by atoms with E-state index in [1.54, 1.807) is 11.8 Å². The number of hydrogen-bond donors (Lipinski definition) is 1. The number of imidazole rings is 1. The number of nitrogens with one attached hydrogen (secondary N) is 1. The van der Waals surface area contributed by atoms with Gasteiger partial charge in [0.2, 0.25) is 0 Å². The van der Waals surface area contributed by atoms with E-state index in [0.717, 1.165) is 22.6 Å². The highest BCUT2D eigenvalue weighted by Gasteiger charge is 2.09. The van der Waals surface area contributed by atoms with E-state index >= 15 is 0 Å². The van der Waals surface area contributed by atoms with Gasteiger partial charge < -0.3 is 4.98 Å². The van der Waals surface area contributed by atoms with Crippen LogP contribution in [0.3, 0.4) is 0 Å². The number of hydrogen-bond acceptors (Lipinski definition) is 2. The maximum absolute atomic E-state index is 13.1. The number of thioether (sulfide) groups is 1. The highest BCUT2D eigenvalue weighted by atomic mass is 32.2. The summed E-state index contributed by atoms with van der Waals surface area (Å²) in [5, 5.41) is 0. The molecule has 19 heavy (non-hydrogen) atoms. The molecule has 2 nitrogen and oxygen atoms in total. The van der Waals surface area contributed by atoms with Gasteiger partial charge in [-0.15, -0.1) is 11.8 Å². The fourth-order valence-electron chi connectivity index (χ4n) is 1.89. The van der Waals surface area contributed by atoms with Crippen molar-refractivity contribution in [2.75, 3.05) is 6.26 Å². The van der Waals surface area contributed by atoms with Gasteiger partial charge in [0.05, 0.1) is 11.0 Å². The SMILES string of the molecule is CSc1ccc(-c2nc3cc(F)c(F)cc3[nH]2)cc1. The average Bonchev–Trinajstić information content (AvgIpc) is 2.82. The average molecular weight is 276 g/mol. The van der Waals surface area contributed by atoms with Crippen LogP contribution in [-0.4, -0.2) is 16.2 Å². The zero-order valence-corrected chi connectivity index (χ0v) is 10.9. The Morgan fingerprint density at radius 1 is 1.05 bits per heavy atom. The molecule has 0 atom stereocenters. The van der Waals surface area contributed by atoms with Crippen molar-refractivity contribution in [2.24, 2.45) is 0 Å². The van der Waals surface area contributed by atoms with Gasteiger partial charge in [-0.2, -0.15) is 0 Å². The molecule has 96 valence electrons. The third-order valence-corrected chi connectivity index (χ3v) is 3.63. The molecule has 0 aliphatic rings. The number of fused-ring (bicyclic) bond motifs is 1. The van der Waals surface area contributed by atoms with E-state index in [2.05, 4.69) is 9.97 Å². The van der Waals surface area contributed by atoms with Crippen molar-refractivity contribution in [3.63, 3.8) is 0 Å². The Balaban J connectivity index is 2.09. The van der Waals surface area contributed by atoms with Crippen LogP contribution in [0.2, 0.25) is 0 Å². The van der Waals surface area contributed by atoms with Crippen molar-refractivity contribution in [2.45, 2.75) is 4.90 Å². The predicted octanol–water partition coefficient (Wildman–Crippen LogP) is 4.23. The summed E-state index contributed by atoms with van der Waals surface area (Å²) in [6.45, 7) is 0. The maximum Gasteiger partial charge on any atom is 0.161 e. The number of aromatic nitrogens is 2. The van der Waals surface area contributed by atoms with Crippen LogP contribution in [0, 0.1) is 11.6 Å². The largest absolute Gasteiger partial charge is 0.338 e. The first-order valence-electron chi connectivity index (χ1n) is 5.66. The van der Waals surface area contributed by atoms with E-state index in [1.807, 2.05) is 30.5 Å². The van der Waals surface area contributed by atoms with Crippen molar-refractivity contribution in [3.05, 3.63) is 48.0 Å². The maximum atomic E-state index is 13.1. The summed E-state index contributed by atoms with van der Waals surface area (Å²) in [6, 6.07) is 10.0. The molecule has 1 aromatic heterocycles. The Labute approximate surface area is 112 Å². The highest BCUT2D eigenvalue weighted by molar-refractivity contribution is 7.98. The van der Waals surface area contributed by atoms with E-state index in [-0.39, 0.29) is 0 Å². The molecule has 5 heteroatoms. The molecule has 0 radical (unpaired) electrons. The van der Waals surface area contributed by atoms with Gasteiger partial charge in [0.15, 0.2) is 11.6 Å². The zero-order chi connectivity index (χ0) is 13.4. The van der Waals surface area contributed by atoms with Crippen molar-refractivity contribution in [3.8, 4) is 11.4 Å². The lowest BCUT2D eigenvalue weighted by Gasteiger charge is -1.98. The predicted molar refractivity (Wildman–Crippen MR) is 73.2 cm³/mol. The number of aromatic amines is 1. The van der Waals surface area contributed by atoms with Crippen LogP contribution in [0.4, 0.5) is 8.78 Å².